The summed E-state index contributed by atoms with van der Waals surface area (Å²) in [6.07, 6.45) is 2.27. The minimum Gasteiger partial charge on any atom is -0.338 e. The van der Waals surface area contributed by atoms with Crippen LogP contribution in [0.2, 0.25) is 0 Å². The molecule has 6 nitrogen and oxygen atoms in total. The van der Waals surface area contributed by atoms with E-state index in [0.29, 0.717) is 25.3 Å². The molecule has 1 aromatic rings. The second-order valence-electron chi connectivity index (χ2n) is 3.83. The van der Waals surface area contributed by atoms with Gasteiger partial charge < -0.3 is 10.6 Å². The summed E-state index contributed by atoms with van der Waals surface area (Å²) in [5, 5.41) is 6.73. The molecule has 1 rings (SSSR count). The minimum absolute atomic E-state index is 0.107. The minimum atomic E-state index is 0.107. The first kappa shape index (κ1) is 12.6. The predicted molar refractivity (Wildman–Crippen MR) is 60.5 cm³/mol. The maximum atomic E-state index is 11.6. The molecule has 1 heterocycles. The van der Waals surface area contributed by atoms with E-state index in [9.17, 15) is 4.79 Å². The number of hydrogen-bond acceptors (Lipinski definition) is 4. The van der Waals surface area contributed by atoms with Crippen molar-refractivity contribution in [3.8, 4) is 0 Å². The number of nitrogens with one attached hydrogen (secondary N) is 1. The molecule has 3 N–H and O–H groups in total. The summed E-state index contributed by atoms with van der Waals surface area (Å²) in [6, 6.07) is 0. The van der Waals surface area contributed by atoms with E-state index < -0.39 is 0 Å². The number of H-pyrrole nitrogens is 1. The first-order chi connectivity index (χ1) is 7.63. The van der Waals surface area contributed by atoms with Crippen LogP contribution in [0.25, 0.3) is 0 Å². The number of carbonyl (C=O) groups excluding carboxylic acids is 1. The van der Waals surface area contributed by atoms with Crippen molar-refractivity contribution in [2.24, 2.45) is 5.73 Å². The average Bonchev–Trinajstić information content (AvgIpc) is 2.64. The van der Waals surface area contributed by atoms with E-state index in [4.69, 9.17) is 5.73 Å². The van der Waals surface area contributed by atoms with Gasteiger partial charge in [0.1, 0.15) is 5.82 Å². The smallest absolute Gasteiger partial charge is 0.222 e. The zero-order valence-corrected chi connectivity index (χ0v) is 9.86. The summed E-state index contributed by atoms with van der Waals surface area (Å²) >= 11 is 0. The average molecular weight is 225 g/mol. The molecule has 0 fully saturated rings. The lowest BCUT2D eigenvalue weighted by molar-refractivity contribution is -0.130. The molecule has 0 saturated heterocycles. The number of nitrogens with zero attached hydrogens (tertiary/aromatic N) is 3. The summed E-state index contributed by atoms with van der Waals surface area (Å²) in [6.45, 7) is 2.92. The maximum absolute atomic E-state index is 11.6. The molecule has 0 aliphatic rings. The number of nitrogens with two attached hydrogens (primary N) is 1. The van der Waals surface area contributed by atoms with Gasteiger partial charge in [-0.3, -0.25) is 9.89 Å². The molecule has 0 unspecified atom stereocenters. The number of rotatable bonds is 6. The van der Waals surface area contributed by atoms with Crippen molar-refractivity contribution < 1.29 is 4.79 Å². The number of aromatic nitrogens is 3. The lowest BCUT2D eigenvalue weighted by Gasteiger charge is -2.14. The number of aromatic amines is 1. The molecular formula is C10H19N5O. The van der Waals surface area contributed by atoms with E-state index >= 15 is 0 Å². The number of carbonyl (C=O) groups is 1. The number of unbranched alkanes of at least 4 members (excludes halogenated alkanes) is 1. The van der Waals surface area contributed by atoms with Crippen molar-refractivity contribution in [3.63, 3.8) is 0 Å². The van der Waals surface area contributed by atoms with Crippen molar-refractivity contribution in [2.45, 2.75) is 32.7 Å². The molecule has 16 heavy (non-hydrogen) atoms. The second kappa shape index (κ2) is 6.22. The van der Waals surface area contributed by atoms with E-state index in [1.165, 1.54) is 0 Å². The summed E-state index contributed by atoms with van der Waals surface area (Å²) < 4.78 is 0. The van der Waals surface area contributed by atoms with Gasteiger partial charge in [0.05, 0.1) is 6.54 Å². The van der Waals surface area contributed by atoms with Crippen LogP contribution in [0.5, 0.6) is 0 Å². The zero-order valence-electron chi connectivity index (χ0n) is 9.86. The molecule has 0 atom stereocenters. The molecule has 0 aliphatic carbocycles. The Bertz CT molecular complexity index is 336. The zero-order chi connectivity index (χ0) is 12.0. The molecule has 90 valence electrons. The highest BCUT2D eigenvalue weighted by atomic mass is 16.2. The van der Waals surface area contributed by atoms with E-state index in [2.05, 4.69) is 15.2 Å². The lowest BCUT2D eigenvalue weighted by Crippen LogP contribution is -2.26. The van der Waals surface area contributed by atoms with Crippen LogP contribution in [0.15, 0.2) is 0 Å². The van der Waals surface area contributed by atoms with Gasteiger partial charge in [-0.05, 0) is 26.3 Å². The van der Waals surface area contributed by atoms with Gasteiger partial charge in [-0.2, -0.15) is 5.10 Å². The predicted octanol–water partition coefficient (Wildman–Crippen LogP) is 0.201. The van der Waals surface area contributed by atoms with Gasteiger partial charge >= 0.3 is 0 Å². The van der Waals surface area contributed by atoms with Gasteiger partial charge in [0.15, 0.2) is 5.82 Å². The van der Waals surface area contributed by atoms with Gasteiger partial charge in [0.25, 0.3) is 0 Å². The van der Waals surface area contributed by atoms with Gasteiger partial charge in [0.2, 0.25) is 5.91 Å². The van der Waals surface area contributed by atoms with Crippen molar-refractivity contribution in [1.82, 2.24) is 20.1 Å². The van der Waals surface area contributed by atoms with E-state index in [1.54, 1.807) is 11.9 Å². The Hall–Kier alpha value is -1.43. The number of hydrogen-bond donors (Lipinski definition) is 2. The fraction of sp³-hybridized carbons (Fsp3) is 0.700. The summed E-state index contributed by atoms with van der Waals surface area (Å²) in [7, 11) is 1.76. The molecule has 1 aromatic heterocycles. The fourth-order valence-electron chi connectivity index (χ4n) is 1.37. The van der Waals surface area contributed by atoms with Crippen LogP contribution in [-0.2, 0) is 11.3 Å². The van der Waals surface area contributed by atoms with Crippen molar-refractivity contribution in [2.75, 3.05) is 13.6 Å². The molecular weight excluding hydrogens is 206 g/mol. The van der Waals surface area contributed by atoms with Crippen molar-refractivity contribution in [3.05, 3.63) is 11.6 Å². The highest BCUT2D eigenvalue weighted by Gasteiger charge is 2.10. The Morgan fingerprint density at radius 1 is 1.50 bits per heavy atom. The third-order valence-corrected chi connectivity index (χ3v) is 2.29. The standard InChI is InChI=1S/C10H19N5O/c1-8-12-9(14-13-8)7-15(2)10(16)5-3-4-6-11/h3-7,11H2,1-2H3,(H,12,13,14). The van der Waals surface area contributed by atoms with Crippen LogP contribution in [0.4, 0.5) is 0 Å². The summed E-state index contributed by atoms with van der Waals surface area (Å²) in [4.78, 5) is 17.4. The highest BCUT2D eigenvalue weighted by Crippen LogP contribution is 2.02. The van der Waals surface area contributed by atoms with Crippen LogP contribution >= 0.6 is 0 Å². The lowest BCUT2D eigenvalue weighted by atomic mass is 10.2. The topological polar surface area (TPSA) is 87.9 Å². The van der Waals surface area contributed by atoms with Gasteiger partial charge in [-0.15, -0.1) is 0 Å². The first-order valence-corrected chi connectivity index (χ1v) is 5.45. The molecule has 0 aromatic carbocycles. The third kappa shape index (κ3) is 3.98. The highest BCUT2D eigenvalue weighted by molar-refractivity contribution is 5.75. The van der Waals surface area contributed by atoms with Crippen LogP contribution in [-0.4, -0.2) is 39.6 Å². The Kier molecular flexibility index (Phi) is 4.91. The Labute approximate surface area is 95.2 Å². The van der Waals surface area contributed by atoms with E-state index in [-0.39, 0.29) is 5.91 Å². The van der Waals surface area contributed by atoms with Crippen LogP contribution in [0.1, 0.15) is 30.9 Å². The number of aryl methyl sites for hydroxylation is 1. The molecule has 0 saturated carbocycles. The molecule has 1 amide bonds. The quantitative estimate of drug-likeness (QED) is 0.677. The van der Waals surface area contributed by atoms with Gasteiger partial charge in [-0.1, -0.05) is 0 Å². The fourth-order valence-corrected chi connectivity index (χ4v) is 1.37. The Balaban J connectivity index is 2.34. The summed E-state index contributed by atoms with van der Waals surface area (Å²) in [5.41, 5.74) is 5.37. The molecule has 0 aliphatic heterocycles. The van der Waals surface area contributed by atoms with Gasteiger partial charge in [-0.25, -0.2) is 4.98 Å². The largest absolute Gasteiger partial charge is 0.338 e. The second-order valence-corrected chi connectivity index (χ2v) is 3.83. The molecule has 6 heteroatoms. The normalized spacial score (nSPS) is 10.4. The molecule has 0 radical (unpaired) electrons. The molecule has 0 spiro atoms. The van der Waals surface area contributed by atoms with Gasteiger partial charge in [0, 0.05) is 13.5 Å². The van der Waals surface area contributed by atoms with Crippen molar-refractivity contribution in [1.29, 1.82) is 0 Å². The van der Waals surface area contributed by atoms with Crippen LogP contribution in [0, 0.1) is 6.92 Å². The first-order valence-electron chi connectivity index (χ1n) is 5.45. The van der Waals surface area contributed by atoms with Crippen molar-refractivity contribution >= 4 is 5.91 Å². The van der Waals surface area contributed by atoms with Crippen LogP contribution in [0.3, 0.4) is 0 Å². The Morgan fingerprint density at radius 2 is 2.25 bits per heavy atom. The maximum Gasteiger partial charge on any atom is 0.222 e. The Morgan fingerprint density at radius 3 is 2.81 bits per heavy atom. The van der Waals surface area contributed by atoms with Crippen LogP contribution < -0.4 is 5.73 Å². The number of amides is 1. The summed E-state index contributed by atoms with van der Waals surface area (Å²) in [5.74, 6) is 1.52. The van der Waals surface area contributed by atoms with E-state index in [1.807, 2.05) is 6.92 Å². The molecule has 0 bridgehead atoms. The third-order valence-electron chi connectivity index (χ3n) is 2.29. The SMILES string of the molecule is Cc1nc(CN(C)C(=O)CCCCN)n[nH]1. The monoisotopic (exact) mass is 225 g/mol. The van der Waals surface area contributed by atoms with E-state index in [0.717, 1.165) is 18.7 Å².